The van der Waals surface area contributed by atoms with Gasteiger partial charge in [-0.15, -0.1) is 0 Å². The minimum absolute atomic E-state index is 0.270. The van der Waals surface area contributed by atoms with E-state index in [1.54, 1.807) is 14.2 Å². The molecule has 0 fully saturated rings. The Kier molecular flexibility index (Phi) is 4.64. The van der Waals surface area contributed by atoms with E-state index in [0.29, 0.717) is 0 Å². The van der Waals surface area contributed by atoms with Crippen LogP contribution in [0.4, 0.5) is 0 Å². The third kappa shape index (κ3) is 3.19. The van der Waals surface area contributed by atoms with E-state index < -0.39 is 0 Å². The fraction of sp³-hybridized carbons (Fsp3) is 0.217. The molecule has 0 aromatic heterocycles. The number of hydrogen-bond donors (Lipinski definition) is 0. The standard InChI is InChI=1S/C23H22O2S/c1-15(18-12-20(24-2)14-21(13-18)25-3)16-8-9-23-19(10-16)11-17-6-4-5-7-22(17)26-23/h4-10,12-15H,11H2,1-3H3. The average Bonchev–Trinajstić information content (AvgIpc) is 2.70. The van der Waals surface area contributed by atoms with Crippen LogP contribution in [-0.4, -0.2) is 14.2 Å². The van der Waals surface area contributed by atoms with Crippen LogP contribution < -0.4 is 9.47 Å². The molecule has 0 radical (unpaired) electrons. The SMILES string of the molecule is COc1cc(OC)cc(C(C)c2ccc3c(c2)Cc2ccccc2S3)c1. The Morgan fingerprint density at radius 2 is 1.46 bits per heavy atom. The second-order valence-corrected chi connectivity index (χ2v) is 7.71. The zero-order valence-corrected chi connectivity index (χ0v) is 16.1. The van der Waals surface area contributed by atoms with Crippen LogP contribution in [0.1, 0.15) is 35.1 Å². The number of hydrogen-bond acceptors (Lipinski definition) is 3. The van der Waals surface area contributed by atoms with Crippen molar-refractivity contribution in [2.75, 3.05) is 14.2 Å². The Labute approximate surface area is 159 Å². The molecule has 1 heterocycles. The quantitative estimate of drug-likeness (QED) is 0.449. The summed E-state index contributed by atoms with van der Waals surface area (Å²) >= 11 is 1.87. The highest BCUT2D eigenvalue weighted by atomic mass is 32.2. The van der Waals surface area contributed by atoms with Crippen LogP contribution >= 0.6 is 11.8 Å². The molecule has 0 saturated carbocycles. The summed E-state index contributed by atoms with van der Waals surface area (Å²) in [5.74, 6) is 1.92. The lowest BCUT2D eigenvalue weighted by atomic mass is 9.90. The number of fused-ring (bicyclic) bond motifs is 2. The lowest BCUT2D eigenvalue weighted by Crippen LogP contribution is -2.03. The lowest BCUT2D eigenvalue weighted by Gasteiger charge is -2.21. The maximum absolute atomic E-state index is 5.43. The van der Waals surface area contributed by atoms with Crippen LogP contribution in [0.15, 0.2) is 70.5 Å². The van der Waals surface area contributed by atoms with Crippen molar-refractivity contribution in [3.63, 3.8) is 0 Å². The molecule has 0 aliphatic carbocycles. The van der Waals surface area contributed by atoms with Crippen molar-refractivity contribution in [3.05, 3.63) is 82.9 Å². The molecule has 132 valence electrons. The minimum atomic E-state index is 0.270. The highest BCUT2D eigenvalue weighted by molar-refractivity contribution is 7.99. The van der Waals surface area contributed by atoms with Crippen molar-refractivity contribution in [2.24, 2.45) is 0 Å². The van der Waals surface area contributed by atoms with Gasteiger partial charge in [0.15, 0.2) is 0 Å². The molecule has 3 aromatic carbocycles. The van der Waals surface area contributed by atoms with Gasteiger partial charge in [-0.3, -0.25) is 0 Å². The van der Waals surface area contributed by atoms with Gasteiger partial charge in [-0.1, -0.05) is 49.0 Å². The Morgan fingerprint density at radius 1 is 0.769 bits per heavy atom. The Bertz CT molecular complexity index is 926. The van der Waals surface area contributed by atoms with Crippen molar-refractivity contribution < 1.29 is 9.47 Å². The average molecular weight is 362 g/mol. The molecule has 0 saturated heterocycles. The van der Waals surface area contributed by atoms with Crippen LogP contribution in [0, 0.1) is 0 Å². The lowest BCUT2D eigenvalue weighted by molar-refractivity contribution is 0.393. The van der Waals surface area contributed by atoms with Gasteiger partial charge in [-0.25, -0.2) is 0 Å². The van der Waals surface area contributed by atoms with Gasteiger partial charge in [0.05, 0.1) is 14.2 Å². The topological polar surface area (TPSA) is 18.5 Å². The zero-order valence-electron chi connectivity index (χ0n) is 15.3. The number of rotatable bonds is 4. The summed E-state index contributed by atoms with van der Waals surface area (Å²) < 4.78 is 10.9. The molecule has 3 heteroatoms. The Balaban J connectivity index is 1.67. The molecule has 1 unspecified atom stereocenters. The van der Waals surface area contributed by atoms with Gasteiger partial charge >= 0.3 is 0 Å². The third-order valence-electron chi connectivity index (χ3n) is 5.03. The first-order valence-corrected chi connectivity index (χ1v) is 9.61. The molecule has 26 heavy (non-hydrogen) atoms. The van der Waals surface area contributed by atoms with E-state index in [0.717, 1.165) is 17.9 Å². The van der Waals surface area contributed by atoms with Crippen LogP contribution in [0.3, 0.4) is 0 Å². The molecule has 0 N–H and O–H groups in total. The molecule has 1 atom stereocenters. The smallest absolute Gasteiger partial charge is 0.122 e. The molecule has 0 spiro atoms. The predicted octanol–water partition coefficient (Wildman–Crippen LogP) is 5.91. The highest BCUT2D eigenvalue weighted by Crippen LogP contribution is 2.41. The normalized spacial score (nSPS) is 13.5. The van der Waals surface area contributed by atoms with Crippen LogP contribution in [-0.2, 0) is 6.42 Å². The first-order valence-electron chi connectivity index (χ1n) is 8.79. The van der Waals surface area contributed by atoms with E-state index in [9.17, 15) is 0 Å². The Morgan fingerprint density at radius 3 is 2.19 bits per heavy atom. The molecule has 4 rings (SSSR count). The second kappa shape index (κ2) is 7.08. The van der Waals surface area contributed by atoms with Crippen molar-refractivity contribution in [3.8, 4) is 11.5 Å². The predicted molar refractivity (Wildman–Crippen MR) is 107 cm³/mol. The maximum Gasteiger partial charge on any atom is 0.122 e. The number of benzene rings is 3. The summed E-state index contributed by atoms with van der Waals surface area (Å²) in [5, 5.41) is 0. The molecule has 1 aliphatic heterocycles. The molecule has 2 nitrogen and oxygen atoms in total. The summed E-state index contributed by atoms with van der Waals surface area (Å²) in [6.45, 7) is 2.24. The molecule has 0 amide bonds. The third-order valence-corrected chi connectivity index (χ3v) is 6.27. The summed E-state index contributed by atoms with van der Waals surface area (Å²) in [6.07, 6.45) is 1.00. The molecule has 1 aliphatic rings. The van der Waals surface area contributed by atoms with Crippen LogP contribution in [0.5, 0.6) is 11.5 Å². The van der Waals surface area contributed by atoms with Gasteiger partial charge in [0.1, 0.15) is 11.5 Å². The number of ether oxygens (including phenoxy) is 2. The van der Waals surface area contributed by atoms with Crippen molar-refractivity contribution in [2.45, 2.75) is 29.1 Å². The van der Waals surface area contributed by atoms with E-state index in [2.05, 4.69) is 61.5 Å². The molecular formula is C23H22O2S. The fourth-order valence-electron chi connectivity index (χ4n) is 3.45. The van der Waals surface area contributed by atoms with E-state index in [4.69, 9.17) is 9.47 Å². The van der Waals surface area contributed by atoms with Gasteiger partial charge < -0.3 is 9.47 Å². The largest absolute Gasteiger partial charge is 0.497 e. The van der Waals surface area contributed by atoms with Crippen LogP contribution in [0.25, 0.3) is 0 Å². The van der Waals surface area contributed by atoms with Crippen LogP contribution in [0.2, 0.25) is 0 Å². The highest BCUT2D eigenvalue weighted by Gasteiger charge is 2.18. The summed E-state index contributed by atoms with van der Waals surface area (Å²) in [7, 11) is 3.38. The second-order valence-electron chi connectivity index (χ2n) is 6.62. The Hall–Kier alpha value is -2.39. The van der Waals surface area contributed by atoms with Crippen molar-refractivity contribution >= 4 is 11.8 Å². The molecular weight excluding hydrogens is 340 g/mol. The zero-order chi connectivity index (χ0) is 18.1. The van der Waals surface area contributed by atoms with Gasteiger partial charge in [0, 0.05) is 21.8 Å². The van der Waals surface area contributed by atoms with E-state index in [-0.39, 0.29) is 5.92 Å². The van der Waals surface area contributed by atoms with Gasteiger partial charge in [0.25, 0.3) is 0 Å². The fourth-order valence-corrected chi connectivity index (χ4v) is 4.50. The van der Waals surface area contributed by atoms with Gasteiger partial charge in [0.2, 0.25) is 0 Å². The minimum Gasteiger partial charge on any atom is -0.497 e. The van der Waals surface area contributed by atoms with Crippen molar-refractivity contribution in [1.82, 2.24) is 0 Å². The first kappa shape index (κ1) is 17.0. The number of methoxy groups -OCH3 is 2. The summed E-state index contributed by atoms with van der Waals surface area (Å²) in [6, 6.07) is 21.6. The molecule has 3 aromatic rings. The van der Waals surface area contributed by atoms with E-state index >= 15 is 0 Å². The summed E-state index contributed by atoms with van der Waals surface area (Å²) in [5.41, 5.74) is 5.34. The molecule has 0 bridgehead atoms. The van der Waals surface area contributed by atoms with E-state index in [1.807, 2.05) is 17.8 Å². The summed E-state index contributed by atoms with van der Waals surface area (Å²) in [4.78, 5) is 2.74. The van der Waals surface area contributed by atoms with Gasteiger partial charge in [-0.2, -0.15) is 0 Å². The van der Waals surface area contributed by atoms with Gasteiger partial charge in [-0.05, 0) is 52.9 Å². The monoisotopic (exact) mass is 362 g/mol. The van der Waals surface area contributed by atoms with E-state index in [1.165, 1.54) is 32.0 Å². The maximum atomic E-state index is 5.43. The van der Waals surface area contributed by atoms with Crippen molar-refractivity contribution in [1.29, 1.82) is 0 Å². The first-order chi connectivity index (χ1) is 12.7.